The highest BCUT2D eigenvalue weighted by atomic mass is 15.3. The number of hydrogen-bond donors (Lipinski definition) is 0. The van der Waals surface area contributed by atoms with Crippen LogP contribution in [0.5, 0.6) is 0 Å². The van der Waals surface area contributed by atoms with Gasteiger partial charge in [0.05, 0.1) is 50.4 Å². The lowest BCUT2D eigenvalue weighted by molar-refractivity contribution is -0.524. The van der Waals surface area contributed by atoms with E-state index in [0.717, 1.165) is 0 Å². The highest BCUT2D eigenvalue weighted by molar-refractivity contribution is 6.73. The molecule has 4 aromatic heterocycles. The molecule has 0 aliphatic carbocycles. The van der Waals surface area contributed by atoms with Gasteiger partial charge in [-0.2, -0.15) is 0 Å². The SMILES string of the molecule is Cc1cc(-c2c(C(C)C)cccc2C(C)C)cc2c1-c1n(C)cc[n+]1B(c1c(C(C)C)cccc1C(C)C)N2C.Cc1cccc(C)c1-c1cc(C)c2c(c1)N(C)B(c1c(C(C)C)cccc1C(C)C)[n+]1ccn(C)c1-2.Cc1cccc2c1-c1n(C)c(-c3ccccc3)c(-c3ccccc3)[n+]1B(c1c(C(C)C)cccc1C(C)C)N2C.Cc1cccc2c1-c1n(C)cc[n+]1B(c1c(C(C)C)cccc1C(C)C)N2C(C)C. The number of anilines is 4. The molecule has 0 saturated carbocycles. The zero-order valence-electron chi connectivity index (χ0n) is 94.4. The zero-order valence-corrected chi connectivity index (χ0v) is 94.4. The van der Waals surface area contributed by atoms with Gasteiger partial charge in [0.15, 0.2) is 11.4 Å². The van der Waals surface area contributed by atoms with Crippen molar-refractivity contribution in [3.63, 3.8) is 0 Å². The van der Waals surface area contributed by atoms with E-state index in [1.54, 1.807) is 0 Å². The van der Waals surface area contributed by atoms with Gasteiger partial charge >= 0.3 is 27.9 Å². The van der Waals surface area contributed by atoms with Crippen LogP contribution in [0.25, 0.3) is 90.3 Å². The van der Waals surface area contributed by atoms with Crippen LogP contribution in [0, 0.1) is 41.5 Å². The molecule has 0 N–H and O–H groups in total. The van der Waals surface area contributed by atoms with Gasteiger partial charge in [0.2, 0.25) is 0 Å². The molecule has 16 aromatic rings. The van der Waals surface area contributed by atoms with Crippen LogP contribution in [0.2, 0.25) is 0 Å². The van der Waals surface area contributed by atoms with Crippen molar-refractivity contribution >= 4 is 72.5 Å². The Balaban J connectivity index is 0.000000134. The summed E-state index contributed by atoms with van der Waals surface area (Å²) in [5.74, 6) is 9.53. The highest BCUT2D eigenvalue weighted by Gasteiger charge is 2.54. The lowest BCUT2D eigenvalue weighted by Gasteiger charge is -2.39. The van der Waals surface area contributed by atoms with E-state index < -0.39 is 0 Å². The molecule has 4 aliphatic heterocycles. The predicted octanol–water partition coefficient (Wildman–Crippen LogP) is 27.2. The first-order valence-electron chi connectivity index (χ1n) is 54.2. The maximum atomic E-state index is 2.64. The van der Waals surface area contributed by atoms with Crippen molar-refractivity contribution in [1.82, 2.24) is 18.3 Å². The van der Waals surface area contributed by atoms with Crippen LogP contribution in [0.3, 0.4) is 0 Å². The third-order valence-corrected chi connectivity index (χ3v) is 32.1. The number of fused-ring (bicyclic) bond motifs is 12. The van der Waals surface area contributed by atoms with E-state index >= 15 is 0 Å². The van der Waals surface area contributed by atoms with E-state index in [-0.39, 0.29) is 27.9 Å². The normalized spacial score (nSPS) is 13.1. The lowest BCUT2D eigenvalue weighted by atomic mass is 9.57. The van der Waals surface area contributed by atoms with Crippen LogP contribution in [-0.2, 0) is 28.2 Å². The van der Waals surface area contributed by atoms with Gasteiger partial charge in [-0.3, -0.25) is 17.9 Å². The summed E-state index contributed by atoms with van der Waals surface area (Å²) in [6.45, 7) is 64.9. The number of hydrogen-bond acceptors (Lipinski definition) is 4. The van der Waals surface area contributed by atoms with Crippen molar-refractivity contribution in [3.05, 3.63) is 357 Å². The molecule has 0 atom stereocenters. The third kappa shape index (κ3) is 18.5. The zero-order chi connectivity index (χ0) is 105. The molecule has 16 heteroatoms. The van der Waals surface area contributed by atoms with Crippen LogP contribution in [0.1, 0.15) is 301 Å². The van der Waals surface area contributed by atoms with Gasteiger partial charge in [0.1, 0.15) is 37.2 Å². The van der Waals surface area contributed by atoms with Crippen LogP contribution >= 0.6 is 0 Å². The summed E-state index contributed by atoms with van der Waals surface area (Å²) >= 11 is 0. The molecule has 748 valence electrons. The molecule has 0 fully saturated rings. The fourth-order valence-corrected chi connectivity index (χ4v) is 25.1. The van der Waals surface area contributed by atoms with Crippen molar-refractivity contribution in [1.29, 1.82) is 0 Å². The van der Waals surface area contributed by atoms with Gasteiger partial charge in [-0.05, 0) is 271 Å². The number of rotatable bonds is 19. The molecular formula is C130H160B4N12+4. The molecule has 0 amide bonds. The molecule has 0 unspecified atom stereocenters. The average molecular weight is 1930 g/mol. The van der Waals surface area contributed by atoms with E-state index in [1.165, 1.54) is 224 Å². The molecule has 0 spiro atoms. The number of nitrogens with zero attached hydrogens (tertiary/aromatic N) is 12. The molecule has 12 aromatic carbocycles. The Morgan fingerprint density at radius 3 is 0.849 bits per heavy atom. The summed E-state index contributed by atoms with van der Waals surface area (Å²) in [7, 11) is 15.6. The van der Waals surface area contributed by atoms with E-state index in [2.05, 4.69) is 566 Å². The Kier molecular flexibility index (Phi) is 30.0. The van der Waals surface area contributed by atoms with Gasteiger partial charge in [-0.15, -0.1) is 0 Å². The standard InChI is InChI=1S/C36H39BN3.C36H47BN3.C32H39BN3.C26H35BN3/c1-24(2)29-21-15-22-30(25(3)4)33(29)37-39(7)31-23-14-16-26(5)32(31)36-38(6)34(27-17-10-8-11-18-27)35(40(36)37)28-19-12-9-13-20-28;1-22(2)28-14-12-15-29(23(3)4)34(28)27-20-26(9)33-32(21-27)39(11)37(40-19-18-38(10)36(33)40)35-30(24(5)6)16-13-17-31(35)25(7)8;1-20(2)26-14-11-15-27(21(3)4)31(26)33-35(9)28-19-25(29-22(5)12-10-13-23(29)6)18-24(7)30(28)32-34(8)16-17-36(32)33;1-17(2)21-12-10-13-22(18(3)4)25(21)27-29-16-15-28(8)26(29)24-20(7)11-9-14-23(24)30(27)19(5)6/h8-25H,1-7H3;12-25H,1-11H3;10-21H,1-9H3;9-19H,1-8H3/q4*+1. The molecule has 0 bridgehead atoms. The highest BCUT2D eigenvalue weighted by Crippen LogP contribution is 2.49. The monoisotopic (exact) mass is 1930 g/mol. The van der Waals surface area contributed by atoms with Gasteiger partial charge in [-0.25, -0.2) is 18.3 Å². The van der Waals surface area contributed by atoms with Crippen LogP contribution in [0.15, 0.2) is 268 Å². The summed E-state index contributed by atoms with van der Waals surface area (Å²) in [6, 6.07) is 86.6. The minimum absolute atomic E-state index is 0.000770. The van der Waals surface area contributed by atoms with Gasteiger partial charge in [0.25, 0.3) is 23.3 Å². The Bertz CT molecular complexity index is 7380. The fraction of sp³-hybridized carbons (Fsp3) is 0.354. The van der Waals surface area contributed by atoms with E-state index in [4.69, 9.17) is 0 Å². The number of aryl methyl sites for hydroxylation is 9. The average Bonchev–Trinajstić information content (AvgIpc) is 1.54. The third-order valence-electron chi connectivity index (χ3n) is 32.1. The molecule has 20 rings (SSSR count). The quantitative estimate of drug-likeness (QED) is 0.0757. The molecule has 0 saturated heterocycles. The van der Waals surface area contributed by atoms with Crippen molar-refractivity contribution in [2.75, 3.05) is 40.4 Å². The molecular weight excluding hydrogens is 1770 g/mol. The van der Waals surface area contributed by atoms with Crippen LogP contribution in [-0.4, -0.2) is 73.4 Å². The van der Waals surface area contributed by atoms with Gasteiger partial charge < -0.3 is 19.2 Å². The molecule has 12 nitrogen and oxygen atoms in total. The number of benzene rings is 12. The predicted molar refractivity (Wildman–Crippen MR) is 627 cm³/mol. The second-order valence-corrected chi connectivity index (χ2v) is 45.8. The summed E-state index contributed by atoms with van der Waals surface area (Å²) < 4.78 is 19.4. The molecule has 8 heterocycles. The first-order chi connectivity index (χ1) is 69.6. The van der Waals surface area contributed by atoms with Gasteiger partial charge in [0, 0.05) is 61.8 Å². The van der Waals surface area contributed by atoms with E-state index in [0.29, 0.717) is 65.2 Å². The van der Waals surface area contributed by atoms with Crippen molar-refractivity contribution in [2.45, 2.75) is 259 Å². The second-order valence-electron chi connectivity index (χ2n) is 45.8. The van der Waals surface area contributed by atoms with Crippen LogP contribution in [0.4, 0.5) is 22.7 Å². The first-order valence-corrected chi connectivity index (χ1v) is 54.2. The van der Waals surface area contributed by atoms with Gasteiger partial charge in [-0.1, -0.05) is 345 Å². The second kappa shape index (κ2) is 42.1. The van der Waals surface area contributed by atoms with E-state index in [9.17, 15) is 0 Å². The molecule has 4 aliphatic rings. The molecule has 146 heavy (non-hydrogen) atoms. The number of imidazole rings is 4. The largest absolute Gasteiger partial charge is 0.538 e. The Morgan fingerprint density at radius 1 is 0.226 bits per heavy atom. The smallest absolute Gasteiger partial charge is 0.372 e. The van der Waals surface area contributed by atoms with Crippen molar-refractivity contribution < 1.29 is 17.9 Å². The minimum atomic E-state index is -0.000770. The minimum Gasteiger partial charge on any atom is -0.372 e. The van der Waals surface area contributed by atoms with Crippen molar-refractivity contribution in [3.8, 4) is 90.3 Å². The Morgan fingerprint density at radius 2 is 0.500 bits per heavy atom. The Labute approximate surface area is 877 Å². The first kappa shape index (κ1) is 104. The lowest BCUT2D eigenvalue weighted by Crippen LogP contribution is -2.73. The Hall–Kier alpha value is -13.1. The maximum Gasteiger partial charge on any atom is 0.538 e. The summed E-state index contributed by atoms with van der Waals surface area (Å²) in [4.78, 5) is 10.2. The van der Waals surface area contributed by atoms with Crippen molar-refractivity contribution in [2.24, 2.45) is 28.2 Å². The topological polar surface area (TPSA) is 48.2 Å². The van der Waals surface area contributed by atoms with E-state index in [1.807, 2.05) is 0 Å². The number of aromatic nitrogens is 8. The summed E-state index contributed by atoms with van der Waals surface area (Å²) in [5.41, 5.74) is 48.9. The maximum absolute atomic E-state index is 2.64. The van der Waals surface area contributed by atoms with Crippen LogP contribution < -0.4 is 59.0 Å². The summed E-state index contributed by atoms with van der Waals surface area (Å²) in [5, 5.41) is 0. The molecule has 0 radical (unpaired) electrons. The fourth-order valence-electron chi connectivity index (χ4n) is 25.1. The summed E-state index contributed by atoms with van der Waals surface area (Å²) in [6.07, 6.45) is 13.4.